The van der Waals surface area contributed by atoms with Gasteiger partial charge in [0, 0.05) is 12.3 Å². The number of nitrogens with one attached hydrogen (secondary N) is 1. The quantitative estimate of drug-likeness (QED) is 0.829. The summed E-state index contributed by atoms with van der Waals surface area (Å²) in [6, 6.07) is 7.55. The van der Waals surface area contributed by atoms with Crippen LogP contribution in [0.1, 0.15) is 58.6 Å². The molecule has 0 bridgehead atoms. The van der Waals surface area contributed by atoms with Crippen LogP contribution in [-0.2, 0) is 9.84 Å². The van der Waals surface area contributed by atoms with E-state index in [0.717, 1.165) is 31.4 Å². The third-order valence-electron chi connectivity index (χ3n) is 3.51. The van der Waals surface area contributed by atoms with Crippen molar-refractivity contribution in [2.75, 3.05) is 12.8 Å². The Hall–Kier alpha value is -0.870. The minimum Gasteiger partial charge on any atom is -0.310 e. The van der Waals surface area contributed by atoms with Gasteiger partial charge in [-0.1, -0.05) is 39.8 Å². The fourth-order valence-corrected chi connectivity index (χ4v) is 2.92. The molecule has 21 heavy (non-hydrogen) atoms. The largest absolute Gasteiger partial charge is 0.310 e. The molecule has 3 nitrogen and oxygen atoms in total. The van der Waals surface area contributed by atoms with Gasteiger partial charge in [-0.2, -0.15) is 0 Å². The second-order valence-electron chi connectivity index (χ2n) is 6.95. The summed E-state index contributed by atoms with van der Waals surface area (Å²) in [7, 11) is -3.15. The fraction of sp³-hybridized carbons (Fsp3) is 0.647. The minimum absolute atomic E-state index is 0.214. The summed E-state index contributed by atoms with van der Waals surface area (Å²) in [6.45, 7) is 9.78. The van der Waals surface area contributed by atoms with E-state index in [1.165, 1.54) is 6.26 Å². The Morgan fingerprint density at radius 2 is 1.90 bits per heavy atom. The fourth-order valence-electron chi connectivity index (χ4n) is 2.24. The molecule has 0 saturated heterocycles. The average Bonchev–Trinajstić information content (AvgIpc) is 2.37. The molecule has 0 saturated carbocycles. The van der Waals surface area contributed by atoms with Gasteiger partial charge in [-0.15, -0.1) is 0 Å². The number of rotatable bonds is 7. The Labute approximate surface area is 130 Å². The predicted molar refractivity (Wildman–Crippen MR) is 89.3 cm³/mol. The smallest absolute Gasteiger partial charge is 0.175 e. The lowest BCUT2D eigenvalue weighted by atomic mass is 9.87. The van der Waals surface area contributed by atoms with Crippen molar-refractivity contribution in [3.63, 3.8) is 0 Å². The maximum Gasteiger partial charge on any atom is 0.175 e. The molecule has 1 N–H and O–H groups in total. The molecule has 0 fully saturated rings. The summed E-state index contributed by atoms with van der Waals surface area (Å²) in [6.07, 6.45) is 4.43. The first-order valence-electron chi connectivity index (χ1n) is 7.67. The molecule has 0 aromatic heterocycles. The van der Waals surface area contributed by atoms with Crippen molar-refractivity contribution in [2.24, 2.45) is 5.41 Å². The van der Waals surface area contributed by atoms with Crippen LogP contribution in [0.2, 0.25) is 0 Å². The Bertz CT molecular complexity index is 544. The zero-order valence-electron chi connectivity index (χ0n) is 13.9. The zero-order chi connectivity index (χ0) is 16.1. The van der Waals surface area contributed by atoms with Crippen LogP contribution < -0.4 is 5.32 Å². The summed E-state index contributed by atoms with van der Waals surface area (Å²) in [5, 5.41) is 3.54. The number of benzene rings is 1. The summed E-state index contributed by atoms with van der Waals surface area (Å²) in [5.74, 6) is 0. The van der Waals surface area contributed by atoms with Crippen LogP contribution in [0.4, 0.5) is 0 Å². The van der Waals surface area contributed by atoms with Crippen LogP contribution in [0.15, 0.2) is 29.2 Å². The number of hydrogen-bond donors (Lipinski definition) is 1. The molecule has 0 radical (unpaired) electrons. The standard InChI is InChI=1S/C17H29NO2S/c1-6-12-18-16(10-11-17(2,3)4)14-8-7-9-15(13-14)21(5,19)20/h7-9,13,16,18H,6,10-12H2,1-5H3. The van der Waals surface area contributed by atoms with Crippen molar-refractivity contribution in [3.05, 3.63) is 29.8 Å². The van der Waals surface area contributed by atoms with E-state index in [2.05, 4.69) is 33.0 Å². The molecular formula is C17H29NO2S. The molecule has 120 valence electrons. The van der Waals surface area contributed by atoms with Crippen molar-refractivity contribution in [1.82, 2.24) is 5.32 Å². The first-order chi connectivity index (χ1) is 9.63. The highest BCUT2D eigenvalue weighted by molar-refractivity contribution is 7.90. The Balaban J connectivity index is 2.97. The van der Waals surface area contributed by atoms with Crippen molar-refractivity contribution in [3.8, 4) is 0 Å². The maximum atomic E-state index is 11.7. The second-order valence-corrected chi connectivity index (χ2v) is 8.97. The third-order valence-corrected chi connectivity index (χ3v) is 4.62. The number of sulfone groups is 1. The topological polar surface area (TPSA) is 46.2 Å². The van der Waals surface area contributed by atoms with Gasteiger partial charge >= 0.3 is 0 Å². The second kappa shape index (κ2) is 7.41. The van der Waals surface area contributed by atoms with Gasteiger partial charge < -0.3 is 5.32 Å². The maximum absolute atomic E-state index is 11.7. The third kappa shape index (κ3) is 6.62. The van der Waals surface area contributed by atoms with E-state index < -0.39 is 9.84 Å². The Kier molecular flexibility index (Phi) is 6.41. The van der Waals surface area contributed by atoms with Gasteiger partial charge in [0.15, 0.2) is 9.84 Å². The van der Waals surface area contributed by atoms with Gasteiger partial charge in [0.05, 0.1) is 4.90 Å². The van der Waals surface area contributed by atoms with Crippen LogP contribution in [-0.4, -0.2) is 21.2 Å². The predicted octanol–water partition coefficient (Wildman–Crippen LogP) is 3.96. The van der Waals surface area contributed by atoms with Crippen LogP contribution in [0, 0.1) is 5.41 Å². The molecule has 0 heterocycles. The van der Waals surface area contributed by atoms with Crippen molar-refractivity contribution in [1.29, 1.82) is 0 Å². The molecular weight excluding hydrogens is 282 g/mol. The molecule has 1 aromatic rings. The Morgan fingerprint density at radius 3 is 2.43 bits per heavy atom. The van der Waals surface area contributed by atoms with Crippen molar-refractivity contribution < 1.29 is 8.42 Å². The van der Waals surface area contributed by atoms with Crippen molar-refractivity contribution >= 4 is 9.84 Å². The molecule has 1 rings (SSSR count). The lowest BCUT2D eigenvalue weighted by molar-refractivity contribution is 0.332. The van der Waals surface area contributed by atoms with Crippen LogP contribution in [0.3, 0.4) is 0 Å². The molecule has 0 aliphatic heterocycles. The van der Waals surface area contributed by atoms with Gasteiger partial charge in [0.1, 0.15) is 0 Å². The van der Waals surface area contributed by atoms with Gasteiger partial charge in [-0.05, 0) is 48.9 Å². The monoisotopic (exact) mass is 311 g/mol. The van der Waals surface area contributed by atoms with E-state index in [1.54, 1.807) is 6.07 Å². The van der Waals surface area contributed by atoms with E-state index in [1.807, 2.05) is 18.2 Å². The molecule has 1 atom stereocenters. The minimum atomic E-state index is -3.15. The van der Waals surface area contributed by atoms with Crippen molar-refractivity contribution in [2.45, 2.75) is 57.9 Å². The summed E-state index contributed by atoms with van der Waals surface area (Å²) < 4.78 is 23.4. The van der Waals surface area contributed by atoms with Gasteiger partial charge in [0.25, 0.3) is 0 Å². The molecule has 0 aliphatic rings. The van der Waals surface area contributed by atoms with E-state index >= 15 is 0 Å². The van der Waals surface area contributed by atoms with Gasteiger partial charge in [0.2, 0.25) is 0 Å². The molecule has 1 aromatic carbocycles. The van der Waals surface area contributed by atoms with E-state index in [4.69, 9.17) is 0 Å². The molecule has 0 aliphatic carbocycles. The van der Waals surface area contributed by atoms with Crippen LogP contribution >= 0.6 is 0 Å². The first-order valence-corrected chi connectivity index (χ1v) is 9.56. The van der Waals surface area contributed by atoms with Crippen LogP contribution in [0.25, 0.3) is 0 Å². The highest BCUT2D eigenvalue weighted by Gasteiger charge is 2.18. The highest BCUT2D eigenvalue weighted by atomic mass is 32.2. The highest BCUT2D eigenvalue weighted by Crippen LogP contribution is 2.28. The molecule has 0 spiro atoms. The molecule has 1 unspecified atom stereocenters. The lowest BCUT2D eigenvalue weighted by Gasteiger charge is -2.24. The lowest BCUT2D eigenvalue weighted by Crippen LogP contribution is -2.24. The normalized spacial score (nSPS) is 14.1. The van der Waals surface area contributed by atoms with Crippen LogP contribution in [0.5, 0.6) is 0 Å². The average molecular weight is 311 g/mol. The van der Waals surface area contributed by atoms with E-state index in [0.29, 0.717) is 4.90 Å². The number of hydrogen-bond acceptors (Lipinski definition) is 3. The SMILES string of the molecule is CCCNC(CCC(C)(C)C)c1cccc(S(C)(=O)=O)c1. The van der Waals surface area contributed by atoms with Gasteiger partial charge in [-0.3, -0.25) is 0 Å². The summed E-state index contributed by atoms with van der Waals surface area (Å²) in [5.41, 5.74) is 1.34. The van der Waals surface area contributed by atoms with Gasteiger partial charge in [-0.25, -0.2) is 8.42 Å². The first kappa shape index (κ1) is 18.2. The van der Waals surface area contributed by atoms with E-state index in [-0.39, 0.29) is 11.5 Å². The molecule has 4 heteroatoms. The van der Waals surface area contributed by atoms with E-state index in [9.17, 15) is 8.42 Å². The zero-order valence-corrected chi connectivity index (χ0v) is 14.8. The Morgan fingerprint density at radius 1 is 1.24 bits per heavy atom. The summed E-state index contributed by atoms with van der Waals surface area (Å²) >= 11 is 0. The molecule has 0 amide bonds. The summed E-state index contributed by atoms with van der Waals surface area (Å²) in [4.78, 5) is 0.402.